The summed E-state index contributed by atoms with van der Waals surface area (Å²) in [6, 6.07) is 7.78. The second-order valence-electron chi connectivity index (χ2n) is 5.96. The Labute approximate surface area is 156 Å². The second kappa shape index (κ2) is 6.88. The van der Waals surface area contributed by atoms with Crippen LogP contribution in [0, 0.1) is 23.3 Å². The molecular formula is C20H12F4N4. The highest BCUT2D eigenvalue weighted by Crippen LogP contribution is 2.33. The van der Waals surface area contributed by atoms with Crippen molar-refractivity contribution in [3.05, 3.63) is 72.1 Å². The van der Waals surface area contributed by atoms with Gasteiger partial charge in [0.1, 0.15) is 11.3 Å². The lowest BCUT2D eigenvalue weighted by atomic mass is 10.0. The van der Waals surface area contributed by atoms with E-state index in [1.165, 1.54) is 18.3 Å². The zero-order valence-electron chi connectivity index (χ0n) is 14.5. The monoisotopic (exact) mass is 384 g/mol. The SMILES string of the molecule is CNc1nc(-c2cccnc2)nc2c(F)c(-c3cc(F)c(F)c(F)c3)ccc12. The maximum Gasteiger partial charge on any atom is 0.194 e. The standard InChI is InChI=1S/C20H12F4N4/c1-25-20-13-5-4-12(11-7-14(21)17(24)15(22)8-11)16(23)18(13)27-19(28-20)10-3-2-6-26-9-10/h2-9H,1H3,(H,25,27,28). The lowest BCUT2D eigenvalue weighted by Crippen LogP contribution is -2.01. The van der Waals surface area contributed by atoms with Crippen molar-refractivity contribution in [1.82, 2.24) is 15.0 Å². The molecule has 140 valence electrons. The average molecular weight is 384 g/mol. The van der Waals surface area contributed by atoms with Crippen molar-refractivity contribution in [1.29, 1.82) is 0 Å². The highest BCUT2D eigenvalue weighted by molar-refractivity contribution is 5.94. The minimum Gasteiger partial charge on any atom is -0.373 e. The smallest absolute Gasteiger partial charge is 0.194 e. The first-order valence-electron chi connectivity index (χ1n) is 8.23. The zero-order chi connectivity index (χ0) is 19.8. The third-order valence-corrected chi connectivity index (χ3v) is 4.26. The van der Waals surface area contributed by atoms with E-state index in [-0.39, 0.29) is 22.5 Å². The summed E-state index contributed by atoms with van der Waals surface area (Å²) < 4.78 is 55.7. The topological polar surface area (TPSA) is 50.7 Å². The summed E-state index contributed by atoms with van der Waals surface area (Å²) in [6.07, 6.45) is 3.12. The van der Waals surface area contributed by atoms with Gasteiger partial charge in [-0.15, -0.1) is 0 Å². The summed E-state index contributed by atoms with van der Waals surface area (Å²) in [7, 11) is 1.63. The van der Waals surface area contributed by atoms with E-state index >= 15 is 4.39 Å². The second-order valence-corrected chi connectivity index (χ2v) is 5.96. The number of fused-ring (bicyclic) bond motifs is 1. The van der Waals surface area contributed by atoms with E-state index in [1.54, 1.807) is 25.4 Å². The predicted molar refractivity (Wildman–Crippen MR) is 97.6 cm³/mol. The van der Waals surface area contributed by atoms with Crippen LogP contribution in [-0.4, -0.2) is 22.0 Å². The van der Waals surface area contributed by atoms with Crippen LogP contribution in [0.2, 0.25) is 0 Å². The van der Waals surface area contributed by atoms with Gasteiger partial charge in [0.05, 0.1) is 0 Å². The van der Waals surface area contributed by atoms with Crippen LogP contribution in [0.1, 0.15) is 0 Å². The number of pyridine rings is 1. The van der Waals surface area contributed by atoms with Gasteiger partial charge in [-0.05, 0) is 35.9 Å². The predicted octanol–water partition coefficient (Wildman–Crippen LogP) is 4.96. The molecule has 0 fully saturated rings. The van der Waals surface area contributed by atoms with Gasteiger partial charge in [0.15, 0.2) is 29.1 Å². The lowest BCUT2D eigenvalue weighted by Gasteiger charge is -2.12. The van der Waals surface area contributed by atoms with Crippen molar-refractivity contribution in [2.45, 2.75) is 0 Å². The zero-order valence-corrected chi connectivity index (χ0v) is 14.5. The van der Waals surface area contributed by atoms with E-state index < -0.39 is 23.3 Å². The van der Waals surface area contributed by atoms with Crippen LogP contribution in [-0.2, 0) is 0 Å². The van der Waals surface area contributed by atoms with Crippen molar-refractivity contribution in [3.63, 3.8) is 0 Å². The molecule has 0 spiro atoms. The number of nitrogens with zero attached hydrogens (tertiary/aromatic N) is 3. The van der Waals surface area contributed by atoms with Crippen LogP contribution in [0.4, 0.5) is 23.4 Å². The van der Waals surface area contributed by atoms with E-state index in [2.05, 4.69) is 20.3 Å². The molecule has 0 saturated heterocycles. The maximum absolute atomic E-state index is 15.3. The van der Waals surface area contributed by atoms with Gasteiger partial charge in [0.2, 0.25) is 0 Å². The fourth-order valence-corrected chi connectivity index (χ4v) is 2.91. The lowest BCUT2D eigenvalue weighted by molar-refractivity contribution is 0.447. The molecular weight excluding hydrogens is 372 g/mol. The molecule has 2 aromatic heterocycles. The molecule has 28 heavy (non-hydrogen) atoms. The number of nitrogens with one attached hydrogen (secondary N) is 1. The van der Waals surface area contributed by atoms with Crippen molar-refractivity contribution >= 4 is 16.7 Å². The van der Waals surface area contributed by atoms with Crippen molar-refractivity contribution in [2.24, 2.45) is 0 Å². The molecule has 4 rings (SSSR count). The van der Waals surface area contributed by atoms with Gasteiger partial charge in [-0.25, -0.2) is 27.5 Å². The molecule has 0 saturated carbocycles. The van der Waals surface area contributed by atoms with Gasteiger partial charge in [-0.1, -0.05) is 6.07 Å². The molecule has 0 unspecified atom stereocenters. The van der Waals surface area contributed by atoms with Gasteiger partial charge in [0.25, 0.3) is 0 Å². The van der Waals surface area contributed by atoms with Crippen molar-refractivity contribution in [3.8, 4) is 22.5 Å². The Bertz CT molecular complexity index is 1170. The highest BCUT2D eigenvalue weighted by atomic mass is 19.2. The van der Waals surface area contributed by atoms with Crippen LogP contribution >= 0.6 is 0 Å². The summed E-state index contributed by atoms with van der Waals surface area (Å²) in [5.41, 5.74) is 0.289. The Balaban J connectivity index is 1.98. The molecule has 2 aromatic carbocycles. The molecule has 2 heterocycles. The van der Waals surface area contributed by atoms with Gasteiger partial charge < -0.3 is 5.32 Å². The first-order chi connectivity index (χ1) is 13.5. The first-order valence-corrected chi connectivity index (χ1v) is 8.23. The minimum absolute atomic E-state index is 0.0409. The third kappa shape index (κ3) is 2.92. The van der Waals surface area contributed by atoms with Gasteiger partial charge in [-0.2, -0.15) is 0 Å². The van der Waals surface area contributed by atoms with E-state index in [4.69, 9.17) is 0 Å². The Morgan fingerprint density at radius 3 is 2.25 bits per heavy atom. The molecule has 0 bridgehead atoms. The summed E-state index contributed by atoms with van der Waals surface area (Å²) in [4.78, 5) is 12.6. The molecule has 0 aliphatic rings. The van der Waals surface area contributed by atoms with Gasteiger partial charge >= 0.3 is 0 Å². The molecule has 0 atom stereocenters. The molecule has 8 heteroatoms. The number of anilines is 1. The average Bonchev–Trinajstić information content (AvgIpc) is 2.72. The largest absolute Gasteiger partial charge is 0.373 e. The first kappa shape index (κ1) is 17.8. The molecule has 4 nitrogen and oxygen atoms in total. The number of rotatable bonds is 3. The molecule has 4 aromatic rings. The number of hydrogen-bond acceptors (Lipinski definition) is 4. The molecule has 1 N–H and O–H groups in total. The van der Waals surface area contributed by atoms with E-state index in [1.807, 2.05) is 0 Å². The van der Waals surface area contributed by atoms with Crippen molar-refractivity contribution in [2.75, 3.05) is 12.4 Å². The maximum atomic E-state index is 15.3. The summed E-state index contributed by atoms with van der Waals surface area (Å²) in [6.45, 7) is 0. The van der Waals surface area contributed by atoms with Crippen LogP contribution in [0.15, 0.2) is 48.8 Å². The van der Waals surface area contributed by atoms with Crippen LogP contribution in [0.25, 0.3) is 33.4 Å². The fraction of sp³-hybridized carbons (Fsp3) is 0.0500. The van der Waals surface area contributed by atoms with Crippen LogP contribution < -0.4 is 5.32 Å². The Morgan fingerprint density at radius 2 is 1.61 bits per heavy atom. The van der Waals surface area contributed by atoms with Gasteiger partial charge in [-0.3, -0.25) is 4.98 Å². The summed E-state index contributed by atoms with van der Waals surface area (Å²) >= 11 is 0. The number of benzene rings is 2. The highest BCUT2D eigenvalue weighted by Gasteiger charge is 2.18. The van der Waals surface area contributed by atoms with E-state index in [0.29, 0.717) is 16.8 Å². The molecule has 0 radical (unpaired) electrons. The Morgan fingerprint density at radius 1 is 0.857 bits per heavy atom. The van der Waals surface area contributed by atoms with E-state index in [9.17, 15) is 13.2 Å². The van der Waals surface area contributed by atoms with Crippen LogP contribution in [0.3, 0.4) is 0 Å². The third-order valence-electron chi connectivity index (χ3n) is 4.26. The molecule has 0 amide bonds. The van der Waals surface area contributed by atoms with Crippen molar-refractivity contribution < 1.29 is 17.6 Å². The number of halogens is 4. The molecule has 0 aliphatic heterocycles. The minimum atomic E-state index is -1.61. The van der Waals surface area contributed by atoms with Gasteiger partial charge in [0, 0.05) is 36.0 Å². The van der Waals surface area contributed by atoms with Crippen LogP contribution in [0.5, 0.6) is 0 Å². The number of aromatic nitrogens is 3. The number of hydrogen-bond donors (Lipinski definition) is 1. The molecule has 0 aliphatic carbocycles. The summed E-state index contributed by atoms with van der Waals surface area (Å²) in [5, 5.41) is 3.27. The fourth-order valence-electron chi connectivity index (χ4n) is 2.91. The Kier molecular flexibility index (Phi) is 4.38. The quantitative estimate of drug-likeness (QED) is 0.401. The normalized spacial score (nSPS) is 11.0. The summed E-state index contributed by atoms with van der Waals surface area (Å²) in [5.74, 6) is -4.59. The Hall–Kier alpha value is -3.55. The van der Waals surface area contributed by atoms with E-state index in [0.717, 1.165) is 12.1 Å².